The molecule has 0 bridgehead atoms. The lowest BCUT2D eigenvalue weighted by Gasteiger charge is -2.34. The van der Waals surface area contributed by atoms with Crippen molar-refractivity contribution < 1.29 is 4.74 Å². The van der Waals surface area contributed by atoms with Gasteiger partial charge in [0, 0.05) is 22.5 Å². The van der Waals surface area contributed by atoms with Crippen LogP contribution < -0.4 is 10.1 Å². The predicted octanol–water partition coefficient (Wildman–Crippen LogP) is 3.91. The number of fused-ring (bicyclic) bond motifs is 1. The summed E-state index contributed by atoms with van der Waals surface area (Å²) in [7, 11) is 0. The molecule has 0 spiro atoms. The highest BCUT2D eigenvalue weighted by Crippen LogP contribution is 2.38. The second-order valence-electron chi connectivity index (χ2n) is 4.93. The fraction of sp³-hybridized carbons (Fsp3) is 0.571. The number of nitrogens with one attached hydrogen (secondary N) is 1. The molecule has 1 N–H and O–H groups in total. The molecular formula is C14H20BrNO. The van der Waals surface area contributed by atoms with E-state index in [0.29, 0.717) is 18.1 Å². The normalized spacial score (nSPS) is 23.4. The van der Waals surface area contributed by atoms with Crippen LogP contribution in [0.2, 0.25) is 0 Å². The van der Waals surface area contributed by atoms with E-state index in [-0.39, 0.29) is 0 Å². The van der Waals surface area contributed by atoms with E-state index in [4.69, 9.17) is 4.74 Å². The van der Waals surface area contributed by atoms with Crippen LogP contribution in [0.15, 0.2) is 22.7 Å². The molecule has 0 aliphatic carbocycles. The van der Waals surface area contributed by atoms with Crippen molar-refractivity contribution in [1.82, 2.24) is 5.32 Å². The Kier molecular flexibility index (Phi) is 4.10. The Morgan fingerprint density at radius 2 is 2.24 bits per heavy atom. The molecule has 1 aliphatic heterocycles. The van der Waals surface area contributed by atoms with Gasteiger partial charge in [-0.15, -0.1) is 0 Å². The highest BCUT2D eigenvalue weighted by Gasteiger charge is 2.29. The lowest BCUT2D eigenvalue weighted by atomic mass is 9.91. The quantitative estimate of drug-likeness (QED) is 0.913. The Labute approximate surface area is 112 Å². The van der Waals surface area contributed by atoms with Crippen molar-refractivity contribution in [3.63, 3.8) is 0 Å². The van der Waals surface area contributed by atoms with Crippen molar-refractivity contribution in [3.05, 3.63) is 28.2 Å². The topological polar surface area (TPSA) is 21.3 Å². The van der Waals surface area contributed by atoms with Gasteiger partial charge in [0.25, 0.3) is 0 Å². The molecule has 0 saturated heterocycles. The molecule has 1 aliphatic rings. The smallest absolute Gasteiger partial charge is 0.124 e. The van der Waals surface area contributed by atoms with E-state index in [0.717, 1.165) is 23.2 Å². The van der Waals surface area contributed by atoms with Crippen LogP contribution in [0.1, 0.15) is 38.8 Å². The van der Waals surface area contributed by atoms with Crippen LogP contribution in [0, 0.1) is 5.92 Å². The Hall–Kier alpha value is -0.540. The average molecular weight is 298 g/mol. The van der Waals surface area contributed by atoms with Gasteiger partial charge in [0.05, 0.1) is 0 Å². The molecule has 0 saturated carbocycles. The van der Waals surface area contributed by atoms with E-state index in [9.17, 15) is 0 Å². The third-order valence-electron chi connectivity index (χ3n) is 3.29. The Bertz CT molecular complexity index is 392. The van der Waals surface area contributed by atoms with E-state index in [1.54, 1.807) is 0 Å². The van der Waals surface area contributed by atoms with Gasteiger partial charge in [-0.1, -0.05) is 36.7 Å². The standard InChI is InChI=1S/C14H20BrNO/c1-4-16-12-8-14(9(2)3)17-13-6-5-10(15)7-11(12)13/h5-7,9,12,14,16H,4,8H2,1-3H3. The summed E-state index contributed by atoms with van der Waals surface area (Å²) in [5, 5.41) is 3.55. The first-order valence-corrected chi connectivity index (χ1v) is 7.10. The molecule has 94 valence electrons. The van der Waals surface area contributed by atoms with Gasteiger partial charge < -0.3 is 10.1 Å². The fourth-order valence-corrected chi connectivity index (χ4v) is 2.70. The first-order valence-electron chi connectivity index (χ1n) is 6.31. The molecule has 2 atom stereocenters. The first-order chi connectivity index (χ1) is 8.11. The van der Waals surface area contributed by atoms with Crippen LogP contribution in [0.5, 0.6) is 5.75 Å². The summed E-state index contributed by atoms with van der Waals surface area (Å²) in [4.78, 5) is 0. The molecule has 0 aromatic heterocycles. The van der Waals surface area contributed by atoms with Gasteiger partial charge in [-0.3, -0.25) is 0 Å². The third-order valence-corrected chi connectivity index (χ3v) is 3.78. The fourth-order valence-electron chi connectivity index (χ4n) is 2.32. The minimum atomic E-state index is 0.313. The molecule has 2 unspecified atom stereocenters. The summed E-state index contributed by atoms with van der Waals surface area (Å²) in [6.07, 6.45) is 1.36. The summed E-state index contributed by atoms with van der Waals surface area (Å²) in [6, 6.07) is 6.69. The molecule has 1 aromatic carbocycles. The van der Waals surface area contributed by atoms with Crippen molar-refractivity contribution in [3.8, 4) is 5.75 Å². The van der Waals surface area contributed by atoms with Crippen LogP contribution in [0.25, 0.3) is 0 Å². The summed E-state index contributed by atoms with van der Waals surface area (Å²) < 4.78 is 7.18. The second-order valence-corrected chi connectivity index (χ2v) is 5.84. The molecule has 2 nitrogen and oxygen atoms in total. The zero-order valence-corrected chi connectivity index (χ0v) is 12.3. The van der Waals surface area contributed by atoms with Gasteiger partial charge in [0.2, 0.25) is 0 Å². The lowest BCUT2D eigenvalue weighted by molar-refractivity contribution is 0.108. The van der Waals surface area contributed by atoms with E-state index >= 15 is 0 Å². The molecular weight excluding hydrogens is 278 g/mol. The molecule has 0 radical (unpaired) electrons. The molecule has 3 heteroatoms. The summed E-state index contributed by atoms with van der Waals surface area (Å²) in [5.41, 5.74) is 1.28. The number of rotatable bonds is 3. The SMILES string of the molecule is CCNC1CC(C(C)C)Oc2ccc(Br)cc21. The number of hydrogen-bond donors (Lipinski definition) is 1. The van der Waals surface area contributed by atoms with Crippen molar-refractivity contribution >= 4 is 15.9 Å². The van der Waals surface area contributed by atoms with Crippen molar-refractivity contribution in [2.45, 2.75) is 39.3 Å². The van der Waals surface area contributed by atoms with Crippen molar-refractivity contribution in [1.29, 1.82) is 0 Å². The maximum atomic E-state index is 6.06. The zero-order chi connectivity index (χ0) is 12.4. The van der Waals surface area contributed by atoms with Gasteiger partial charge in [0.15, 0.2) is 0 Å². The second kappa shape index (κ2) is 5.40. The Morgan fingerprint density at radius 3 is 2.88 bits per heavy atom. The maximum absolute atomic E-state index is 6.06. The van der Waals surface area contributed by atoms with E-state index in [1.807, 2.05) is 6.07 Å². The van der Waals surface area contributed by atoms with Gasteiger partial charge in [-0.2, -0.15) is 0 Å². The Balaban J connectivity index is 2.31. The molecule has 1 heterocycles. The zero-order valence-electron chi connectivity index (χ0n) is 10.7. The summed E-state index contributed by atoms with van der Waals surface area (Å²) in [6.45, 7) is 7.58. The number of hydrogen-bond acceptors (Lipinski definition) is 2. The summed E-state index contributed by atoms with van der Waals surface area (Å²) >= 11 is 3.53. The Morgan fingerprint density at radius 1 is 1.47 bits per heavy atom. The monoisotopic (exact) mass is 297 g/mol. The van der Waals surface area contributed by atoms with Gasteiger partial charge >= 0.3 is 0 Å². The average Bonchev–Trinajstić information content (AvgIpc) is 2.29. The van der Waals surface area contributed by atoms with Gasteiger partial charge in [-0.05, 0) is 30.7 Å². The third kappa shape index (κ3) is 2.83. The van der Waals surface area contributed by atoms with Crippen LogP contribution in [0.3, 0.4) is 0 Å². The van der Waals surface area contributed by atoms with Crippen LogP contribution >= 0.6 is 15.9 Å². The molecule has 2 rings (SSSR count). The number of ether oxygens (including phenoxy) is 1. The molecule has 17 heavy (non-hydrogen) atoms. The first kappa shape index (κ1) is 12.9. The minimum absolute atomic E-state index is 0.313. The van der Waals surface area contributed by atoms with Crippen molar-refractivity contribution in [2.75, 3.05) is 6.54 Å². The lowest BCUT2D eigenvalue weighted by Crippen LogP contribution is -2.35. The molecule has 1 aromatic rings. The largest absolute Gasteiger partial charge is 0.490 e. The van der Waals surface area contributed by atoms with Crippen molar-refractivity contribution in [2.24, 2.45) is 5.92 Å². The molecule has 0 amide bonds. The van der Waals surface area contributed by atoms with Crippen LogP contribution in [0.4, 0.5) is 0 Å². The summed E-state index contributed by atoms with van der Waals surface area (Å²) in [5.74, 6) is 1.58. The van der Waals surface area contributed by atoms with Crippen LogP contribution in [-0.2, 0) is 0 Å². The van der Waals surface area contributed by atoms with Gasteiger partial charge in [0.1, 0.15) is 11.9 Å². The maximum Gasteiger partial charge on any atom is 0.124 e. The van der Waals surface area contributed by atoms with E-state index < -0.39 is 0 Å². The predicted molar refractivity (Wildman–Crippen MR) is 74.4 cm³/mol. The van der Waals surface area contributed by atoms with E-state index in [1.165, 1.54) is 5.56 Å². The number of benzene rings is 1. The van der Waals surface area contributed by atoms with E-state index in [2.05, 4.69) is 54.2 Å². The number of halogens is 1. The molecule has 0 fully saturated rings. The highest BCUT2D eigenvalue weighted by atomic mass is 79.9. The van der Waals surface area contributed by atoms with Gasteiger partial charge in [-0.25, -0.2) is 0 Å². The minimum Gasteiger partial charge on any atom is -0.490 e. The van der Waals surface area contributed by atoms with Crippen LogP contribution in [-0.4, -0.2) is 12.6 Å². The highest BCUT2D eigenvalue weighted by molar-refractivity contribution is 9.10.